The molecule has 0 fully saturated rings. The highest BCUT2D eigenvalue weighted by Crippen LogP contribution is 2.32. The lowest BCUT2D eigenvalue weighted by atomic mass is 10.1. The molecular weight excluding hydrogens is 296 g/mol. The Kier molecular flexibility index (Phi) is 3.24. The first kappa shape index (κ1) is 10.9. The number of hydrogen-bond acceptors (Lipinski definition) is 2. The van der Waals surface area contributed by atoms with E-state index in [9.17, 15) is 4.79 Å². The fourth-order valence-corrected chi connectivity index (χ4v) is 3.18. The third-order valence-electron chi connectivity index (χ3n) is 1.90. The quantitative estimate of drug-likeness (QED) is 0.752. The molecule has 76 valence electrons. The van der Waals surface area contributed by atoms with Gasteiger partial charge in [-0.15, -0.1) is 11.3 Å². The Hall–Kier alpha value is -0.640. The summed E-state index contributed by atoms with van der Waals surface area (Å²) in [7, 11) is 0. The lowest BCUT2D eigenvalue weighted by Crippen LogP contribution is -1.98. The number of ketones is 1. The Morgan fingerprint density at radius 3 is 2.47 bits per heavy atom. The van der Waals surface area contributed by atoms with Gasteiger partial charge in [-0.2, -0.15) is 0 Å². The second kappa shape index (κ2) is 4.47. The highest BCUT2D eigenvalue weighted by atomic mass is 79.9. The summed E-state index contributed by atoms with van der Waals surface area (Å²) in [6.07, 6.45) is 0. The third-order valence-corrected chi connectivity index (χ3v) is 3.95. The zero-order valence-electron chi connectivity index (χ0n) is 7.54. The van der Waals surface area contributed by atoms with E-state index in [0.29, 0.717) is 15.5 Å². The van der Waals surface area contributed by atoms with Gasteiger partial charge in [-0.1, -0.05) is 41.9 Å². The van der Waals surface area contributed by atoms with Gasteiger partial charge in [0.2, 0.25) is 5.78 Å². The zero-order chi connectivity index (χ0) is 10.8. The van der Waals surface area contributed by atoms with E-state index in [1.54, 1.807) is 18.2 Å². The van der Waals surface area contributed by atoms with Crippen molar-refractivity contribution < 1.29 is 4.79 Å². The molecule has 15 heavy (non-hydrogen) atoms. The third kappa shape index (κ3) is 2.30. The molecule has 0 amide bonds. The van der Waals surface area contributed by atoms with Crippen LogP contribution in [0.4, 0.5) is 0 Å². The second-order valence-electron chi connectivity index (χ2n) is 2.92. The average molecular weight is 302 g/mol. The van der Waals surface area contributed by atoms with Crippen molar-refractivity contribution in [1.29, 1.82) is 0 Å². The zero-order valence-corrected chi connectivity index (χ0v) is 10.7. The highest BCUT2D eigenvalue weighted by Gasteiger charge is 2.15. The van der Waals surface area contributed by atoms with Crippen molar-refractivity contribution in [2.75, 3.05) is 0 Å². The summed E-state index contributed by atoms with van der Waals surface area (Å²) < 4.78 is 0.867. The van der Waals surface area contributed by atoms with Gasteiger partial charge in [0, 0.05) is 5.56 Å². The Morgan fingerprint density at radius 1 is 1.27 bits per heavy atom. The molecule has 1 aromatic carbocycles. The number of benzene rings is 1. The van der Waals surface area contributed by atoms with Crippen LogP contribution >= 0.6 is 38.9 Å². The molecule has 2 rings (SSSR count). The smallest absolute Gasteiger partial charge is 0.204 e. The summed E-state index contributed by atoms with van der Waals surface area (Å²) in [5.41, 5.74) is 0.661. The standard InChI is InChI=1S/C11H6BrClOS/c12-9-6-8(13)11(15-9)10(14)7-4-2-1-3-5-7/h1-6H. The lowest BCUT2D eigenvalue weighted by molar-refractivity contribution is 0.104. The molecule has 0 unspecified atom stereocenters. The summed E-state index contributed by atoms with van der Waals surface area (Å²) in [6.45, 7) is 0. The van der Waals surface area contributed by atoms with Gasteiger partial charge in [-0.25, -0.2) is 0 Å². The molecule has 0 saturated carbocycles. The summed E-state index contributed by atoms with van der Waals surface area (Å²) in [5, 5.41) is 0.501. The van der Waals surface area contributed by atoms with Crippen molar-refractivity contribution >= 4 is 44.7 Å². The molecule has 0 spiro atoms. The van der Waals surface area contributed by atoms with Gasteiger partial charge >= 0.3 is 0 Å². The fourth-order valence-electron chi connectivity index (χ4n) is 1.22. The highest BCUT2D eigenvalue weighted by molar-refractivity contribution is 9.11. The molecule has 1 aromatic heterocycles. The van der Waals surface area contributed by atoms with Crippen LogP contribution in [0, 0.1) is 0 Å². The van der Waals surface area contributed by atoms with Gasteiger partial charge in [-0.3, -0.25) is 4.79 Å². The first-order valence-corrected chi connectivity index (χ1v) is 6.22. The minimum atomic E-state index is -0.0312. The SMILES string of the molecule is O=C(c1ccccc1)c1sc(Br)cc1Cl. The predicted octanol–water partition coefficient (Wildman–Crippen LogP) is 4.40. The van der Waals surface area contributed by atoms with E-state index in [0.717, 1.165) is 3.79 Å². The van der Waals surface area contributed by atoms with Crippen LogP contribution in [0.3, 0.4) is 0 Å². The van der Waals surface area contributed by atoms with Crippen molar-refractivity contribution in [1.82, 2.24) is 0 Å². The minimum Gasteiger partial charge on any atom is -0.288 e. The van der Waals surface area contributed by atoms with Crippen LogP contribution < -0.4 is 0 Å². The average Bonchev–Trinajstić information content (AvgIpc) is 2.58. The Labute approximate surface area is 105 Å². The maximum absolute atomic E-state index is 12.0. The number of thiophene rings is 1. The molecule has 1 heterocycles. The molecule has 0 N–H and O–H groups in total. The van der Waals surface area contributed by atoms with E-state index in [1.807, 2.05) is 18.2 Å². The molecule has 0 aliphatic rings. The number of halogens is 2. The topological polar surface area (TPSA) is 17.1 Å². The molecule has 0 bridgehead atoms. The van der Waals surface area contributed by atoms with Crippen molar-refractivity contribution in [2.45, 2.75) is 0 Å². The van der Waals surface area contributed by atoms with Gasteiger partial charge in [0.25, 0.3) is 0 Å². The van der Waals surface area contributed by atoms with Crippen molar-refractivity contribution in [3.05, 3.63) is 55.6 Å². The van der Waals surface area contributed by atoms with Crippen LogP contribution in [0.25, 0.3) is 0 Å². The monoisotopic (exact) mass is 300 g/mol. The summed E-state index contributed by atoms with van der Waals surface area (Å²) in [4.78, 5) is 12.6. The maximum Gasteiger partial charge on any atom is 0.204 e. The molecule has 1 nitrogen and oxygen atoms in total. The van der Waals surface area contributed by atoms with Gasteiger partial charge in [0.05, 0.1) is 13.7 Å². The largest absolute Gasteiger partial charge is 0.288 e. The first-order chi connectivity index (χ1) is 7.18. The fraction of sp³-hybridized carbons (Fsp3) is 0. The number of hydrogen-bond donors (Lipinski definition) is 0. The van der Waals surface area contributed by atoms with Gasteiger partial charge in [-0.05, 0) is 22.0 Å². The molecule has 2 aromatic rings. The van der Waals surface area contributed by atoms with E-state index in [1.165, 1.54) is 11.3 Å². The summed E-state index contributed by atoms with van der Waals surface area (Å²) in [5.74, 6) is -0.0312. The number of rotatable bonds is 2. The molecule has 0 aliphatic carbocycles. The molecular formula is C11H6BrClOS. The maximum atomic E-state index is 12.0. The van der Waals surface area contributed by atoms with Crippen LogP contribution in [0.2, 0.25) is 5.02 Å². The molecule has 0 saturated heterocycles. The first-order valence-electron chi connectivity index (χ1n) is 4.23. The molecule has 0 atom stereocenters. The number of carbonyl (C=O) groups is 1. The minimum absolute atomic E-state index is 0.0312. The molecule has 0 aliphatic heterocycles. The second-order valence-corrected chi connectivity index (χ2v) is 5.76. The Balaban J connectivity index is 2.41. The van der Waals surface area contributed by atoms with E-state index in [4.69, 9.17) is 11.6 Å². The van der Waals surface area contributed by atoms with Gasteiger partial charge in [0.15, 0.2) is 0 Å². The predicted molar refractivity (Wildman–Crippen MR) is 66.9 cm³/mol. The summed E-state index contributed by atoms with van der Waals surface area (Å²) in [6, 6.07) is 10.9. The van der Waals surface area contributed by atoms with E-state index >= 15 is 0 Å². The number of carbonyl (C=O) groups excluding carboxylic acids is 1. The molecule has 4 heteroatoms. The van der Waals surface area contributed by atoms with Gasteiger partial charge in [0.1, 0.15) is 0 Å². The van der Waals surface area contributed by atoms with Crippen molar-refractivity contribution in [3.63, 3.8) is 0 Å². The van der Waals surface area contributed by atoms with Crippen molar-refractivity contribution in [3.8, 4) is 0 Å². The van der Waals surface area contributed by atoms with E-state index < -0.39 is 0 Å². The van der Waals surface area contributed by atoms with Gasteiger partial charge < -0.3 is 0 Å². The summed E-state index contributed by atoms with van der Waals surface area (Å²) >= 11 is 10.6. The Morgan fingerprint density at radius 2 is 1.93 bits per heavy atom. The van der Waals surface area contributed by atoms with E-state index in [-0.39, 0.29) is 5.78 Å². The van der Waals surface area contributed by atoms with E-state index in [2.05, 4.69) is 15.9 Å². The lowest BCUT2D eigenvalue weighted by Gasteiger charge is -1.97. The molecule has 0 radical (unpaired) electrons. The van der Waals surface area contributed by atoms with Crippen LogP contribution in [0.15, 0.2) is 40.2 Å². The Bertz CT molecular complexity index is 493. The van der Waals surface area contributed by atoms with Crippen LogP contribution in [-0.4, -0.2) is 5.78 Å². The van der Waals surface area contributed by atoms with Crippen LogP contribution in [-0.2, 0) is 0 Å². The normalized spacial score (nSPS) is 10.3. The van der Waals surface area contributed by atoms with Crippen LogP contribution in [0.1, 0.15) is 15.2 Å². The van der Waals surface area contributed by atoms with Crippen LogP contribution in [0.5, 0.6) is 0 Å². The van der Waals surface area contributed by atoms with Crippen molar-refractivity contribution in [2.24, 2.45) is 0 Å².